The molecule has 0 unspecified atom stereocenters. The molecule has 0 spiro atoms. The Kier molecular flexibility index (Phi) is 35.5. The third-order valence-corrected chi connectivity index (χ3v) is 14.5. The lowest BCUT2D eigenvalue weighted by atomic mass is 9.94. The zero-order chi connectivity index (χ0) is 67.4. The maximum Gasteiger partial charge on any atom is 0.165 e. The number of hydrogen-bond acceptors (Lipinski definition) is 8. The average molecular weight is 1300 g/mol. The number of allylic oxidation sites excluding steroid dienone is 3. The van der Waals surface area contributed by atoms with Crippen LogP contribution in [-0.4, -0.2) is 40.9 Å². The van der Waals surface area contributed by atoms with Gasteiger partial charge in [-0.2, -0.15) is 0 Å². The molecule has 0 amide bonds. The van der Waals surface area contributed by atoms with E-state index in [0.29, 0.717) is 61.0 Å². The van der Waals surface area contributed by atoms with Crippen LogP contribution in [-0.2, 0) is 0 Å². The number of benzene rings is 7. The summed E-state index contributed by atoms with van der Waals surface area (Å²) in [6.07, 6.45) is 3.43. The molecule has 0 radical (unpaired) electrons. The Balaban J connectivity index is 0.000000503. The Morgan fingerprint density at radius 1 is 0.330 bits per heavy atom. The molecule has 7 aromatic carbocycles. The van der Waals surface area contributed by atoms with E-state index < -0.39 is 11.6 Å². The summed E-state index contributed by atoms with van der Waals surface area (Å²) in [7, 11) is 0. The van der Waals surface area contributed by atoms with Crippen molar-refractivity contribution in [2.45, 2.75) is 165 Å². The summed E-state index contributed by atoms with van der Waals surface area (Å²) >= 11 is 23.1. The molecule has 0 atom stereocenters. The van der Waals surface area contributed by atoms with Gasteiger partial charge in [0, 0.05) is 32.3 Å². The highest BCUT2D eigenvalue weighted by molar-refractivity contribution is 6.32. The largest absolute Gasteiger partial charge is 0.508 e. The quantitative estimate of drug-likeness (QED) is 0.0698. The molecule has 0 aliphatic heterocycles. The van der Waals surface area contributed by atoms with Gasteiger partial charge in [0.2, 0.25) is 0 Å². The Labute approximate surface area is 540 Å². The molecule has 0 saturated carbocycles. The van der Waals surface area contributed by atoms with E-state index in [0.717, 1.165) is 51.8 Å². The molecule has 0 fully saturated rings. The monoisotopic (exact) mass is 1300 g/mol. The molecule has 16 heteroatoms. The fourth-order valence-electron chi connectivity index (χ4n) is 8.45. The number of rotatable bonds is 8. The number of aromatic hydroxyl groups is 7. The van der Waals surface area contributed by atoms with Crippen LogP contribution in [0.3, 0.4) is 0 Å². The molecule has 0 saturated heterocycles. The van der Waals surface area contributed by atoms with Crippen molar-refractivity contribution in [3.05, 3.63) is 227 Å². The number of phenolic OH excluding ortho intramolecular Hbond substituents is 7. The number of hydrogen-bond donors (Lipinski definition) is 8. The minimum absolute atomic E-state index is 0.0243. The van der Waals surface area contributed by atoms with E-state index in [1.165, 1.54) is 48.5 Å². The Morgan fingerprint density at radius 2 is 0.750 bits per heavy atom. The highest BCUT2D eigenvalue weighted by Crippen LogP contribution is 2.35. The zero-order valence-electron chi connectivity index (χ0n) is 53.3. The van der Waals surface area contributed by atoms with Crippen LogP contribution in [0.25, 0.3) is 0 Å². The van der Waals surface area contributed by atoms with Gasteiger partial charge >= 0.3 is 0 Å². The first-order valence-electron chi connectivity index (χ1n) is 29.1. The Hall–Kier alpha value is -6.70. The summed E-state index contributed by atoms with van der Waals surface area (Å²) in [6.45, 7) is 31.5. The van der Waals surface area contributed by atoms with Crippen molar-refractivity contribution in [1.29, 1.82) is 0 Å². The van der Waals surface area contributed by atoms with Crippen LogP contribution in [0.1, 0.15) is 204 Å². The lowest BCUT2D eigenvalue weighted by Gasteiger charge is -2.16. The maximum atomic E-state index is 12.9. The highest BCUT2D eigenvalue weighted by Gasteiger charge is 2.16. The number of aliphatic hydroxyl groups excluding tert-OH is 1. The molecular weight excluding hydrogens is 1210 g/mol. The number of halogens is 8. The second-order valence-corrected chi connectivity index (χ2v) is 24.8. The topological polar surface area (TPSA) is 162 Å². The van der Waals surface area contributed by atoms with Gasteiger partial charge < -0.3 is 40.9 Å². The maximum absolute atomic E-state index is 12.9. The molecular formula is C72H90Cl4F4O8. The minimum Gasteiger partial charge on any atom is -0.508 e. The standard InChI is InChI=1S/C9H11ClO.C9H13ClO.2C9H11ClO.4C9H11FO/c1-6(2)8-5-7(10)3-4-9(8)11;1-6(2)8-4-3-7(10)5-9(8)11;1-6(2)9-7(10)4-3-5-8(9)11;1-6(2)7-4-3-5-8(10)9(7)11;1-6(2)8-5-7(10)3-4-9(8)11;1-6(2)8-4-3-7(10)5-9(8)11;1-6(2)9-7(10)4-3-5-8(9)11;1-6(2)7-4-3-5-8(10)9(7)11/h3-6,11H,1-2H3;5-6,11H,3-4H2,1-2H3;6*3-6,11H,1-2H3. The van der Waals surface area contributed by atoms with Crippen molar-refractivity contribution >= 4 is 46.4 Å². The third-order valence-electron chi connectivity index (χ3n) is 13.3. The van der Waals surface area contributed by atoms with E-state index in [9.17, 15) is 58.4 Å². The predicted molar refractivity (Wildman–Crippen MR) is 358 cm³/mol. The van der Waals surface area contributed by atoms with Crippen molar-refractivity contribution in [3.8, 4) is 40.2 Å². The first-order valence-corrected chi connectivity index (χ1v) is 30.6. The van der Waals surface area contributed by atoms with Crippen LogP contribution in [0.4, 0.5) is 17.6 Å². The fourth-order valence-corrected chi connectivity index (χ4v) is 9.40. The van der Waals surface area contributed by atoms with Gasteiger partial charge in [-0.05, 0) is 179 Å². The normalized spacial score (nSPS) is 11.6. The van der Waals surface area contributed by atoms with Gasteiger partial charge in [0.15, 0.2) is 11.6 Å². The lowest BCUT2D eigenvalue weighted by Crippen LogP contribution is -2.02. The van der Waals surface area contributed by atoms with Crippen molar-refractivity contribution in [1.82, 2.24) is 0 Å². The van der Waals surface area contributed by atoms with Gasteiger partial charge in [-0.25, -0.2) is 17.6 Å². The molecule has 482 valence electrons. The zero-order valence-corrected chi connectivity index (χ0v) is 56.4. The van der Waals surface area contributed by atoms with Crippen LogP contribution in [0.2, 0.25) is 15.1 Å². The Morgan fingerprint density at radius 3 is 1.15 bits per heavy atom. The summed E-state index contributed by atoms with van der Waals surface area (Å²) in [5.41, 5.74) is 6.24. The van der Waals surface area contributed by atoms with Crippen LogP contribution >= 0.6 is 46.4 Å². The van der Waals surface area contributed by atoms with E-state index in [2.05, 4.69) is 13.8 Å². The van der Waals surface area contributed by atoms with Gasteiger partial charge in [0.1, 0.15) is 57.7 Å². The van der Waals surface area contributed by atoms with Gasteiger partial charge in [-0.15, -0.1) is 0 Å². The van der Waals surface area contributed by atoms with E-state index in [1.807, 2.05) is 109 Å². The Bertz CT molecular complexity index is 3100. The molecule has 8 N–H and O–H groups in total. The highest BCUT2D eigenvalue weighted by atomic mass is 35.5. The van der Waals surface area contributed by atoms with Crippen molar-refractivity contribution in [2.24, 2.45) is 5.92 Å². The predicted octanol–water partition coefficient (Wildman–Crippen LogP) is 23.5. The average Bonchev–Trinajstić information content (AvgIpc) is 3.54. The molecule has 1 aliphatic rings. The smallest absolute Gasteiger partial charge is 0.165 e. The second kappa shape index (κ2) is 39.3. The van der Waals surface area contributed by atoms with E-state index >= 15 is 0 Å². The molecule has 7 aromatic rings. The molecule has 0 heterocycles. The van der Waals surface area contributed by atoms with Gasteiger partial charge in [-0.3, -0.25) is 0 Å². The number of phenols is 7. The first-order chi connectivity index (χ1) is 40.9. The van der Waals surface area contributed by atoms with Gasteiger partial charge in [0.05, 0.1) is 5.02 Å². The van der Waals surface area contributed by atoms with E-state index in [1.54, 1.807) is 66.7 Å². The molecule has 0 aromatic heterocycles. The summed E-state index contributed by atoms with van der Waals surface area (Å²) in [6, 6.07) is 32.7. The molecule has 8 rings (SSSR count). The van der Waals surface area contributed by atoms with Gasteiger partial charge in [-0.1, -0.05) is 200 Å². The molecule has 0 bridgehead atoms. The lowest BCUT2D eigenvalue weighted by molar-refractivity contribution is 0.408. The molecule has 88 heavy (non-hydrogen) atoms. The summed E-state index contributed by atoms with van der Waals surface area (Å²) in [5.74, 6) is 1.54. The van der Waals surface area contributed by atoms with Gasteiger partial charge in [0.25, 0.3) is 0 Å². The SMILES string of the molecule is CC(C)C1=C(O)C=C(Cl)CC1.CC(C)c1c(O)cccc1Cl.CC(C)c1c(O)cccc1F.CC(C)c1cc(Cl)ccc1O.CC(C)c1cc(F)ccc1O.CC(C)c1ccc(F)cc1O.CC(C)c1cccc(Cl)c1O.CC(C)c1cccc(F)c1O. The summed E-state index contributed by atoms with van der Waals surface area (Å²) in [4.78, 5) is 0. The van der Waals surface area contributed by atoms with Crippen molar-refractivity contribution < 1.29 is 58.4 Å². The van der Waals surface area contributed by atoms with E-state index in [-0.39, 0.29) is 75.7 Å². The fraction of sp³-hybridized carbons (Fsp3) is 0.361. The number of aliphatic hydroxyl groups is 1. The minimum atomic E-state index is -0.545. The third kappa shape index (κ3) is 27.4. The van der Waals surface area contributed by atoms with Crippen LogP contribution in [0.15, 0.2) is 150 Å². The van der Waals surface area contributed by atoms with Crippen molar-refractivity contribution in [2.75, 3.05) is 0 Å². The molecule has 8 nitrogen and oxygen atoms in total. The van der Waals surface area contributed by atoms with E-state index in [4.69, 9.17) is 46.4 Å². The first kappa shape index (κ1) is 79.3. The molecule has 1 aliphatic carbocycles. The van der Waals surface area contributed by atoms with Crippen LogP contribution in [0, 0.1) is 29.2 Å². The van der Waals surface area contributed by atoms with Crippen LogP contribution < -0.4 is 0 Å². The second-order valence-electron chi connectivity index (χ2n) is 23.0. The summed E-state index contributed by atoms with van der Waals surface area (Å²) < 4.78 is 50.7. The summed E-state index contributed by atoms with van der Waals surface area (Å²) in [5, 5.41) is 77.0. The number of para-hydroxylation sites is 2. The van der Waals surface area contributed by atoms with Crippen LogP contribution in [0.5, 0.6) is 40.2 Å². The van der Waals surface area contributed by atoms with Crippen molar-refractivity contribution in [3.63, 3.8) is 0 Å².